The van der Waals surface area contributed by atoms with Crippen molar-refractivity contribution in [2.45, 2.75) is 142 Å². The molecular weight excluding hydrogens is 382 g/mol. The molecular formula is C28H55NO2. The zero-order chi connectivity index (χ0) is 23.0. The maximum atomic E-state index is 12.2. The van der Waals surface area contributed by atoms with Gasteiger partial charge in [0.25, 0.3) is 0 Å². The van der Waals surface area contributed by atoms with E-state index in [-0.39, 0.29) is 12.0 Å². The zero-order valence-electron chi connectivity index (χ0n) is 21.5. The molecule has 31 heavy (non-hydrogen) atoms. The molecule has 0 fully saturated rings. The first kappa shape index (κ1) is 30.2. The van der Waals surface area contributed by atoms with E-state index in [0.717, 1.165) is 26.0 Å². The Hall–Kier alpha value is -0.830. The van der Waals surface area contributed by atoms with Crippen molar-refractivity contribution < 1.29 is 9.53 Å². The van der Waals surface area contributed by atoms with Crippen LogP contribution in [0.3, 0.4) is 0 Å². The van der Waals surface area contributed by atoms with Gasteiger partial charge in [-0.2, -0.15) is 0 Å². The van der Waals surface area contributed by atoms with Gasteiger partial charge in [0, 0.05) is 19.7 Å². The second-order valence-corrected chi connectivity index (χ2v) is 9.33. The summed E-state index contributed by atoms with van der Waals surface area (Å²) in [5.41, 5.74) is 0. The van der Waals surface area contributed by atoms with Crippen molar-refractivity contribution in [1.29, 1.82) is 0 Å². The maximum absolute atomic E-state index is 12.2. The number of unbranched alkanes of at least 4 members (excludes halogenated alkanes) is 16. The molecule has 0 aromatic carbocycles. The average molecular weight is 438 g/mol. The summed E-state index contributed by atoms with van der Waals surface area (Å²) in [7, 11) is 0. The summed E-state index contributed by atoms with van der Waals surface area (Å²) >= 11 is 0. The van der Waals surface area contributed by atoms with E-state index < -0.39 is 0 Å². The molecule has 1 atom stereocenters. The van der Waals surface area contributed by atoms with Crippen LogP contribution in [0, 0.1) is 0 Å². The summed E-state index contributed by atoms with van der Waals surface area (Å²) in [5, 5.41) is 0. The van der Waals surface area contributed by atoms with Crippen LogP contribution < -0.4 is 0 Å². The van der Waals surface area contributed by atoms with Gasteiger partial charge in [0.15, 0.2) is 0 Å². The molecule has 184 valence electrons. The minimum Gasteiger partial charge on any atom is -0.377 e. The van der Waals surface area contributed by atoms with Gasteiger partial charge in [-0.05, 0) is 25.8 Å². The lowest BCUT2D eigenvalue weighted by Crippen LogP contribution is -2.37. The number of nitrogens with zero attached hydrogens (tertiary/aromatic N) is 1. The minimum atomic E-state index is 0.0365. The van der Waals surface area contributed by atoms with Gasteiger partial charge in [-0.1, -0.05) is 123 Å². The molecule has 0 aliphatic carbocycles. The predicted octanol–water partition coefficient (Wildman–Crippen LogP) is 8.47. The molecule has 0 bridgehead atoms. The summed E-state index contributed by atoms with van der Waals surface area (Å²) < 4.78 is 5.87. The summed E-state index contributed by atoms with van der Waals surface area (Å²) in [4.78, 5) is 14.1. The van der Waals surface area contributed by atoms with Gasteiger partial charge < -0.3 is 9.64 Å². The van der Waals surface area contributed by atoms with Crippen LogP contribution in [0.25, 0.3) is 0 Å². The molecule has 3 nitrogen and oxygen atoms in total. The Kier molecular flexibility index (Phi) is 23.2. The third-order valence-electron chi connectivity index (χ3n) is 6.15. The van der Waals surface area contributed by atoms with Crippen LogP contribution in [0.2, 0.25) is 0 Å². The molecule has 0 N–H and O–H groups in total. The van der Waals surface area contributed by atoms with Crippen LogP contribution in [-0.4, -0.2) is 36.6 Å². The van der Waals surface area contributed by atoms with Gasteiger partial charge in [-0.15, -0.1) is 0 Å². The summed E-state index contributed by atoms with van der Waals surface area (Å²) in [6.07, 6.45) is 25.5. The lowest BCUT2D eigenvalue weighted by atomic mass is 10.0. The molecule has 0 heterocycles. The van der Waals surface area contributed by atoms with Crippen molar-refractivity contribution in [1.82, 2.24) is 4.90 Å². The number of hydrogen-bond acceptors (Lipinski definition) is 2. The van der Waals surface area contributed by atoms with Crippen LogP contribution in [0.15, 0.2) is 12.7 Å². The van der Waals surface area contributed by atoms with E-state index in [2.05, 4.69) is 27.4 Å². The van der Waals surface area contributed by atoms with E-state index in [9.17, 15) is 4.79 Å². The molecule has 1 unspecified atom stereocenters. The lowest BCUT2D eigenvalue weighted by molar-refractivity contribution is -0.128. The lowest BCUT2D eigenvalue weighted by Gasteiger charge is -2.25. The smallest absolute Gasteiger partial charge is 0.246 e. The van der Waals surface area contributed by atoms with E-state index in [4.69, 9.17) is 4.74 Å². The quantitative estimate of drug-likeness (QED) is 0.112. The summed E-state index contributed by atoms with van der Waals surface area (Å²) in [6, 6.07) is 0. The van der Waals surface area contributed by atoms with Gasteiger partial charge in [0.1, 0.15) is 0 Å². The van der Waals surface area contributed by atoms with E-state index in [0.29, 0.717) is 6.54 Å². The first-order chi connectivity index (χ1) is 15.2. The Bertz CT molecular complexity index is 396. The van der Waals surface area contributed by atoms with Gasteiger partial charge in [-0.25, -0.2) is 0 Å². The fraction of sp³-hybridized carbons (Fsp3) is 0.893. The number of amides is 1. The molecule has 0 aromatic rings. The van der Waals surface area contributed by atoms with Crippen LogP contribution in [0.5, 0.6) is 0 Å². The fourth-order valence-electron chi connectivity index (χ4n) is 4.09. The minimum absolute atomic E-state index is 0.0365. The van der Waals surface area contributed by atoms with Crippen molar-refractivity contribution in [3.8, 4) is 0 Å². The van der Waals surface area contributed by atoms with E-state index >= 15 is 0 Å². The molecule has 1 amide bonds. The second-order valence-electron chi connectivity index (χ2n) is 9.33. The van der Waals surface area contributed by atoms with E-state index in [1.54, 1.807) is 0 Å². The van der Waals surface area contributed by atoms with Crippen molar-refractivity contribution in [3.05, 3.63) is 12.7 Å². The van der Waals surface area contributed by atoms with Crippen molar-refractivity contribution in [3.63, 3.8) is 0 Å². The number of rotatable bonds is 24. The summed E-state index contributed by atoms with van der Waals surface area (Å²) in [5.74, 6) is 0.0365. The van der Waals surface area contributed by atoms with Crippen molar-refractivity contribution in [2.75, 3.05) is 19.7 Å². The highest BCUT2D eigenvalue weighted by Gasteiger charge is 2.14. The Morgan fingerprint density at radius 1 is 0.742 bits per heavy atom. The summed E-state index contributed by atoms with van der Waals surface area (Å²) in [6.45, 7) is 12.5. The standard InChI is InChI=1S/C28H55NO2/c1-5-8-10-11-12-13-14-15-16-17-18-19-20-21-22-24-29(28(30)7-3)26-27(4)31-25-23-9-6-2/h7,27H,3,5-6,8-26H2,1-2,4H3. The zero-order valence-corrected chi connectivity index (χ0v) is 21.5. The van der Waals surface area contributed by atoms with Crippen LogP contribution >= 0.6 is 0 Å². The highest BCUT2D eigenvalue weighted by atomic mass is 16.5. The Morgan fingerprint density at radius 3 is 1.61 bits per heavy atom. The Labute approximate surface area is 195 Å². The molecule has 0 aliphatic rings. The molecule has 0 rings (SSSR count). The largest absolute Gasteiger partial charge is 0.377 e. The van der Waals surface area contributed by atoms with Crippen molar-refractivity contribution in [2.24, 2.45) is 0 Å². The third kappa shape index (κ3) is 20.8. The average Bonchev–Trinajstić information content (AvgIpc) is 2.78. The molecule has 0 spiro atoms. The topological polar surface area (TPSA) is 29.5 Å². The van der Waals surface area contributed by atoms with Crippen molar-refractivity contribution >= 4 is 5.91 Å². The highest BCUT2D eigenvalue weighted by molar-refractivity contribution is 5.86. The first-order valence-electron chi connectivity index (χ1n) is 13.7. The van der Waals surface area contributed by atoms with Gasteiger partial charge >= 0.3 is 0 Å². The number of carbonyl (C=O) groups excluding carboxylic acids is 1. The van der Waals surface area contributed by atoms with E-state index in [1.165, 1.54) is 109 Å². The van der Waals surface area contributed by atoms with E-state index in [1.807, 2.05) is 4.90 Å². The Balaban J connectivity index is 3.62. The molecule has 3 heteroatoms. The van der Waals surface area contributed by atoms with Crippen LogP contribution in [0.1, 0.15) is 136 Å². The van der Waals surface area contributed by atoms with Crippen LogP contribution in [0.4, 0.5) is 0 Å². The second kappa shape index (κ2) is 23.8. The van der Waals surface area contributed by atoms with Gasteiger partial charge in [-0.3, -0.25) is 4.79 Å². The van der Waals surface area contributed by atoms with Gasteiger partial charge in [0.2, 0.25) is 5.91 Å². The molecule has 0 aliphatic heterocycles. The number of carbonyl (C=O) groups is 1. The molecule has 0 saturated carbocycles. The third-order valence-corrected chi connectivity index (χ3v) is 6.15. The fourth-order valence-corrected chi connectivity index (χ4v) is 4.09. The first-order valence-corrected chi connectivity index (χ1v) is 13.7. The maximum Gasteiger partial charge on any atom is 0.246 e. The molecule has 0 radical (unpaired) electrons. The monoisotopic (exact) mass is 437 g/mol. The van der Waals surface area contributed by atoms with Gasteiger partial charge in [0.05, 0.1) is 6.10 Å². The SMILES string of the molecule is C=CC(=O)N(CCCCCCCCCCCCCCCCC)CC(C)OCCCCC. The number of hydrogen-bond donors (Lipinski definition) is 0. The molecule has 0 saturated heterocycles. The normalized spacial score (nSPS) is 12.1. The molecule has 0 aromatic heterocycles. The van der Waals surface area contributed by atoms with Crippen LogP contribution in [-0.2, 0) is 9.53 Å². The predicted molar refractivity (Wildman–Crippen MR) is 137 cm³/mol. The highest BCUT2D eigenvalue weighted by Crippen LogP contribution is 2.13. The number of ether oxygens (including phenoxy) is 1. The Morgan fingerprint density at radius 2 is 1.16 bits per heavy atom.